The van der Waals surface area contributed by atoms with Crippen molar-refractivity contribution in [2.75, 3.05) is 61.2 Å². The van der Waals surface area contributed by atoms with Gasteiger partial charge in [0.15, 0.2) is 35.0 Å². The summed E-state index contributed by atoms with van der Waals surface area (Å²) in [5, 5.41) is 10.8. The van der Waals surface area contributed by atoms with Gasteiger partial charge in [0.05, 0.1) is 34.5 Å². The average molecular weight is 675 g/mol. The summed E-state index contributed by atoms with van der Waals surface area (Å²) in [5.74, 6) is 2.96. The van der Waals surface area contributed by atoms with Gasteiger partial charge < -0.3 is 42.8 Å². The number of benzene rings is 3. The van der Waals surface area contributed by atoms with Crippen molar-refractivity contribution in [3.05, 3.63) is 64.3 Å². The molecule has 1 N–H and O–H groups in total. The van der Waals surface area contributed by atoms with Gasteiger partial charge in [0.1, 0.15) is 28.2 Å². The van der Waals surface area contributed by atoms with Gasteiger partial charge in [0, 0.05) is 62.0 Å². The van der Waals surface area contributed by atoms with Crippen LogP contribution in [0.4, 0.5) is 0 Å². The number of carbonyl (C=O) groups excluding carboxylic acids is 1. The van der Waals surface area contributed by atoms with E-state index in [1.807, 2.05) is 12.1 Å². The number of fused-ring (bicyclic) bond motifs is 1. The second kappa shape index (κ2) is 15.0. The molecule has 0 atom stereocenters. The highest BCUT2D eigenvalue weighted by Gasteiger charge is 2.25. The van der Waals surface area contributed by atoms with Crippen LogP contribution in [0.1, 0.15) is 31.2 Å². The van der Waals surface area contributed by atoms with E-state index in [0.29, 0.717) is 72.8 Å². The minimum atomic E-state index is -0.408. The van der Waals surface area contributed by atoms with E-state index in [1.165, 1.54) is 18.2 Å². The normalized spacial score (nSPS) is 15.3. The summed E-state index contributed by atoms with van der Waals surface area (Å²) in [6.45, 7) is 2.75. The van der Waals surface area contributed by atoms with Gasteiger partial charge in [-0.1, -0.05) is 6.07 Å². The van der Waals surface area contributed by atoms with Gasteiger partial charge in [-0.05, 0) is 49.9 Å². The number of nitrogens with zero attached hydrogens (tertiary/aromatic N) is 2. The zero-order valence-corrected chi connectivity index (χ0v) is 28.3. The molecule has 1 saturated carbocycles. The molecule has 12 nitrogen and oxygen atoms in total. The number of amides is 1. The summed E-state index contributed by atoms with van der Waals surface area (Å²) in [6, 6.07) is 13.3. The maximum atomic E-state index is 13.1. The maximum absolute atomic E-state index is 13.1. The third kappa shape index (κ3) is 7.34. The summed E-state index contributed by atoms with van der Waals surface area (Å²) >= 11 is 0. The molecule has 12 heteroatoms. The molecule has 1 aliphatic carbocycles. The van der Waals surface area contributed by atoms with Crippen LogP contribution in [0.5, 0.6) is 40.2 Å². The van der Waals surface area contributed by atoms with E-state index in [2.05, 4.69) is 4.90 Å². The molecular formula is C37H42N2O10. The van der Waals surface area contributed by atoms with Crippen molar-refractivity contribution < 1.29 is 42.7 Å². The smallest absolute Gasteiger partial charge is 0.260 e. The van der Waals surface area contributed by atoms with Gasteiger partial charge in [-0.2, -0.15) is 0 Å². The zero-order chi connectivity index (χ0) is 34.5. The number of hydrogen-bond donors (Lipinski definition) is 1. The molecule has 6 rings (SSSR count). The number of ether oxygens (including phenoxy) is 6. The fourth-order valence-electron chi connectivity index (χ4n) is 6.50. The van der Waals surface area contributed by atoms with Crippen LogP contribution < -0.4 is 33.8 Å². The lowest BCUT2D eigenvalue weighted by Gasteiger charge is -2.35. The minimum absolute atomic E-state index is 0.0283. The van der Waals surface area contributed by atoms with Gasteiger partial charge >= 0.3 is 0 Å². The molecule has 260 valence electrons. The lowest BCUT2D eigenvalue weighted by molar-refractivity contribution is -0.135. The Balaban J connectivity index is 1.11. The number of phenols is 1. The van der Waals surface area contributed by atoms with E-state index in [4.69, 9.17) is 32.8 Å². The van der Waals surface area contributed by atoms with Crippen LogP contribution in [0.2, 0.25) is 0 Å². The molecule has 1 aromatic heterocycles. The Morgan fingerprint density at radius 3 is 2.24 bits per heavy atom. The van der Waals surface area contributed by atoms with Gasteiger partial charge in [-0.15, -0.1) is 0 Å². The highest BCUT2D eigenvalue weighted by Crippen LogP contribution is 2.40. The Bertz CT molecular complexity index is 1860. The molecule has 3 aromatic carbocycles. The van der Waals surface area contributed by atoms with Crippen LogP contribution in [0.15, 0.2) is 57.7 Å². The van der Waals surface area contributed by atoms with Crippen molar-refractivity contribution in [1.82, 2.24) is 9.80 Å². The Kier molecular flexibility index (Phi) is 10.3. The Morgan fingerprint density at radius 1 is 0.837 bits per heavy atom. The molecule has 4 aromatic rings. The minimum Gasteiger partial charge on any atom is -0.507 e. The summed E-state index contributed by atoms with van der Waals surface area (Å²) in [6.07, 6.45) is 4.33. The van der Waals surface area contributed by atoms with E-state index in [9.17, 15) is 14.7 Å². The number of piperazine rings is 1. The Labute approximate surface area is 284 Å². The number of methoxy groups -OCH3 is 4. The van der Waals surface area contributed by atoms with Crippen LogP contribution in [-0.4, -0.2) is 88.1 Å². The first-order valence-corrected chi connectivity index (χ1v) is 16.4. The van der Waals surface area contributed by atoms with Crippen molar-refractivity contribution in [3.63, 3.8) is 0 Å². The third-order valence-electron chi connectivity index (χ3n) is 9.09. The third-order valence-corrected chi connectivity index (χ3v) is 9.09. The van der Waals surface area contributed by atoms with Crippen molar-refractivity contribution >= 4 is 16.9 Å². The number of carbonyl (C=O) groups is 1. The number of hydrogen-bond acceptors (Lipinski definition) is 11. The fourth-order valence-corrected chi connectivity index (χ4v) is 6.50. The first-order valence-electron chi connectivity index (χ1n) is 16.4. The quantitative estimate of drug-likeness (QED) is 0.212. The van der Waals surface area contributed by atoms with Crippen LogP contribution in [0.25, 0.3) is 22.3 Å². The largest absolute Gasteiger partial charge is 0.507 e. The molecule has 0 radical (unpaired) electrons. The van der Waals surface area contributed by atoms with E-state index in [-0.39, 0.29) is 41.1 Å². The lowest BCUT2D eigenvalue weighted by Crippen LogP contribution is -2.49. The molecule has 1 saturated heterocycles. The van der Waals surface area contributed by atoms with Gasteiger partial charge in [0.2, 0.25) is 5.75 Å². The highest BCUT2D eigenvalue weighted by molar-refractivity contribution is 5.86. The summed E-state index contributed by atoms with van der Waals surface area (Å²) in [5.41, 5.74) is 1.31. The van der Waals surface area contributed by atoms with E-state index < -0.39 is 5.43 Å². The summed E-state index contributed by atoms with van der Waals surface area (Å²) < 4.78 is 40.2. The number of phenolic OH excluding ortho intramolecular Hbond substituents is 1. The molecule has 0 unspecified atom stereocenters. The van der Waals surface area contributed by atoms with Crippen molar-refractivity contribution in [2.24, 2.45) is 0 Å². The molecule has 49 heavy (non-hydrogen) atoms. The van der Waals surface area contributed by atoms with Crippen LogP contribution in [-0.2, 0) is 11.3 Å². The lowest BCUT2D eigenvalue weighted by atomic mass is 10.1. The molecule has 2 fully saturated rings. The summed E-state index contributed by atoms with van der Waals surface area (Å²) in [7, 11) is 6.34. The second-order valence-electron chi connectivity index (χ2n) is 12.1. The average Bonchev–Trinajstić information content (AvgIpc) is 3.63. The van der Waals surface area contributed by atoms with E-state index in [1.54, 1.807) is 51.5 Å². The van der Waals surface area contributed by atoms with Gasteiger partial charge in [-0.25, -0.2) is 0 Å². The predicted molar refractivity (Wildman–Crippen MR) is 182 cm³/mol. The molecular weight excluding hydrogens is 632 g/mol. The monoisotopic (exact) mass is 674 g/mol. The Morgan fingerprint density at radius 2 is 1.55 bits per heavy atom. The standard InChI is InChI=1S/C37H42N2O10/c1-43-29-11-9-23(17-32(29)48-25-7-5-6-8-25)31-20-28(41)35-27(40)18-26(19-33(35)49-31)47-22-34(42)39-15-13-38(14-16-39)21-24-10-12-30(44-2)37(46-4)36(24)45-3/h9-12,17-20,25,40H,5-8,13-16,21-22H2,1-4H3. The first kappa shape index (κ1) is 33.8. The molecule has 1 aliphatic heterocycles. The SMILES string of the molecule is COc1ccc(-c2cc(=O)c3c(O)cc(OCC(=O)N4CCN(Cc5ccc(OC)c(OC)c5OC)CC4)cc3o2)cc1OC1CCCC1. The van der Waals surface area contributed by atoms with Crippen LogP contribution in [0.3, 0.4) is 0 Å². The topological polar surface area (TPSA) is 129 Å². The maximum Gasteiger partial charge on any atom is 0.260 e. The predicted octanol–water partition coefficient (Wildman–Crippen LogP) is 5.24. The van der Waals surface area contributed by atoms with Crippen LogP contribution in [0, 0.1) is 0 Å². The van der Waals surface area contributed by atoms with Gasteiger partial charge in [0.25, 0.3) is 5.91 Å². The highest BCUT2D eigenvalue weighted by atomic mass is 16.5. The van der Waals surface area contributed by atoms with Crippen molar-refractivity contribution in [3.8, 4) is 51.6 Å². The van der Waals surface area contributed by atoms with Crippen molar-refractivity contribution in [2.45, 2.75) is 38.3 Å². The van der Waals surface area contributed by atoms with E-state index in [0.717, 1.165) is 31.2 Å². The zero-order valence-electron chi connectivity index (χ0n) is 28.3. The molecule has 2 aliphatic rings. The molecule has 0 spiro atoms. The number of aromatic hydroxyl groups is 1. The van der Waals surface area contributed by atoms with Crippen LogP contribution >= 0.6 is 0 Å². The molecule has 1 amide bonds. The molecule has 0 bridgehead atoms. The van der Waals surface area contributed by atoms with E-state index >= 15 is 0 Å². The molecule has 2 heterocycles. The van der Waals surface area contributed by atoms with Crippen molar-refractivity contribution in [1.29, 1.82) is 0 Å². The Hall–Kier alpha value is -5.10. The summed E-state index contributed by atoms with van der Waals surface area (Å²) in [4.78, 5) is 30.2. The second-order valence-corrected chi connectivity index (χ2v) is 12.1. The van der Waals surface area contributed by atoms with Gasteiger partial charge in [-0.3, -0.25) is 14.5 Å². The fraction of sp³-hybridized carbons (Fsp3) is 0.405. The first-order chi connectivity index (χ1) is 23.8. The number of rotatable bonds is 12.